The topological polar surface area (TPSA) is 112 Å². The molecule has 1 amide bonds. The number of nitriles is 2. The molecule has 7 nitrogen and oxygen atoms in total. The molecule has 1 N–H and O–H groups in total. The van der Waals surface area contributed by atoms with E-state index in [9.17, 15) is 15.3 Å². The molecule has 0 radical (unpaired) electrons. The Morgan fingerprint density at radius 2 is 2.00 bits per heavy atom. The van der Waals surface area contributed by atoms with Gasteiger partial charge in [0.25, 0.3) is 0 Å². The van der Waals surface area contributed by atoms with E-state index < -0.39 is 5.41 Å². The number of amides is 1. The maximum Gasteiger partial charge on any atom is 0.232 e. The Bertz CT molecular complexity index is 805. The first-order valence-electron chi connectivity index (χ1n) is 8.44. The van der Waals surface area contributed by atoms with E-state index in [1.54, 1.807) is 7.11 Å². The SMILES string of the molecule is COCCCNC(=O)[C@@]12CC[C@@H](c3nc(C#N)c(C#N)nc31)C2(C)C. The van der Waals surface area contributed by atoms with Crippen LogP contribution in [0, 0.1) is 28.1 Å². The van der Waals surface area contributed by atoms with Crippen LogP contribution >= 0.6 is 0 Å². The van der Waals surface area contributed by atoms with Crippen molar-refractivity contribution in [2.24, 2.45) is 5.41 Å². The predicted octanol–water partition coefficient (Wildman–Crippen LogP) is 1.53. The van der Waals surface area contributed by atoms with Crippen LogP contribution in [0.4, 0.5) is 0 Å². The molecule has 1 aromatic rings. The second kappa shape index (κ2) is 6.09. The van der Waals surface area contributed by atoms with Gasteiger partial charge in [0.1, 0.15) is 12.1 Å². The summed E-state index contributed by atoms with van der Waals surface area (Å²) in [6.45, 7) is 5.22. The molecule has 1 fully saturated rings. The van der Waals surface area contributed by atoms with Crippen LogP contribution in [-0.2, 0) is 14.9 Å². The average Bonchev–Trinajstić information content (AvgIpc) is 2.99. The zero-order valence-corrected chi connectivity index (χ0v) is 14.7. The smallest absolute Gasteiger partial charge is 0.232 e. The van der Waals surface area contributed by atoms with Gasteiger partial charge in [0, 0.05) is 26.2 Å². The number of fused-ring (bicyclic) bond motifs is 5. The van der Waals surface area contributed by atoms with Gasteiger partial charge in [-0.25, -0.2) is 9.97 Å². The highest BCUT2D eigenvalue weighted by Crippen LogP contribution is 2.67. The summed E-state index contributed by atoms with van der Waals surface area (Å²) in [5, 5.41) is 21.5. The third-order valence-corrected chi connectivity index (χ3v) is 5.85. The fourth-order valence-corrected chi connectivity index (χ4v) is 4.49. The molecule has 0 unspecified atom stereocenters. The normalized spacial score (nSPS) is 25.1. The fourth-order valence-electron chi connectivity index (χ4n) is 4.49. The summed E-state index contributed by atoms with van der Waals surface area (Å²) < 4.78 is 5.02. The number of hydrogen-bond acceptors (Lipinski definition) is 6. The highest BCUT2D eigenvalue weighted by molar-refractivity contribution is 5.91. The number of hydrogen-bond donors (Lipinski definition) is 1. The number of methoxy groups -OCH3 is 1. The van der Waals surface area contributed by atoms with Crippen LogP contribution in [0.5, 0.6) is 0 Å². The highest BCUT2D eigenvalue weighted by Gasteiger charge is 2.67. The molecule has 0 aromatic carbocycles. The largest absolute Gasteiger partial charge is 0.385 e. The molecule has 1 heterocycles. The Labute approximate surface area is 147 Å². The number of ether oxygens (including phenoxy) is 1. The van der Waals surface area contributed by atoms with E-state index in [4.69, 9.17) is 4.74 Å². The first-order chi connectivity index (χ1) is 11.9. The molecule has 2 atom stereocenters. The van der Waals surface area contributed by atoms with Crippen LogP contribution < -0.4 is 5.32 Å². The van der Waals surface area contributed by atoms with Crippen molar-refractivity contribution in [2.75, 3.05) is 20.3 Å². The van der Waals surface area contributed by atoms with Gasteiger partial charge in [-0.3, -0.25) is 4.79 Å². The number of carbonyl (C=O) groups is 1. The fraction of sp³-hybridized carbons (Fsp3) is 0.611. The van der Waals surface area contributed by atoms with Gasteiger partial charge in [0.05, 0.1) is 16.8 Å². The van der Waals surface area contributed by atoms with Crippen LogP contribution in [0.3, 0.4) is 0 Å². The minimum Gasteiger partial charge on any atom is -0.385 e. The summed E-state index contributed by atoms with van der Waals surface area (Å²) >= 11 is 0. The Morgan fingerprint density at radius 3 is 2.64 bits per heavy atom. The third kappa shape index (κ3) is 2.23. The molecule has 7 heteroatoms. The molecule has 25 heavy (non-hydrogen) atoms. The molecule has 1 aromatic heterocycles. The molecular formula is C18H21N5O2. The van der Waals surface area contributed by atoms with Crippen LogP contribution in [0.15, 0.2) is 0 Å². The van der Waals surface area contributed by atoms with Crippen molar-refractivity contribution in [1.29, 1.82) is 10.5 Å². The molecule has 2 aliphatic carbocycles. The molecule has 1 saturated carbocycles. The summed E-state index contributed by atoms with van der Waals surface area (Å²) in [7, 11) is 1.63. The van der Waals surface area contributed by atoms with Crippen molar-refractivity contribution in [3.63, 3.8) is 0 Å². The predicted molar refractivity (Wildman–Crippen MR) is 88.4 cm³/mol. The minimum absolute atomic E-state index is 0.00356. The maximum atomic E-state index is 13.2. The number of aromatic nitrogens is 2. The van der Waals surface area contributed by atoms with Crippen molar-refractivity contribution in [1.82, 2.24) is 15.3 Å². The summed E-state index contributed by atoms with van der Waals surface area (Å²) in [6, 6.07) is 3.88. The second-order valence-corrected chi connectivity index (χ2v) is 7.20. The minimum atomic E-state index is -0.799. The van der Waals surface area contributed by atoms with Crippen molar-refractivity contribution in [2.45, 2.75) is 44.4 Å². The van der Waals surface area contributed by atoms with Crippen LogP contribution in [0.1, 0.15) is 61.8 Å². The Hall–Kier alpha value is -2.51. The molecule has 130 valence electrons. The van der Waals surface area contributed by atoms with Gasteiger partial charge in [-0.2, -0.15) is 10.5 Å². The second-order valence-electron chi connectivity index (χ2n) is 7.20. The molecule has 0 aliphatic heterocycles. The Morgan fingerprint density at radius 1 is 1.32 bits per heavy atom. The van der Waals surface area contributed by atoms with Gasteiger partial charge in [-0.05, 0) is 24.7 Å². The first-order valence-corrected chi connectivity index (χ1v) is 8.44. The number of nitrogens with zero attached hydrogens (tertiary/aromatic N) is 4. The van der Waals surface area contributed by atoms with Crippen LogP contribution in [0.25, 0.3) is 0 Å². The first kappa shape index (κ1) is 17.3. The lowest BCUT2D eigenvalue weighted by atomic mass is 9.67. The van der Waals surface area contributed by atoms with Crippen LogP contribution in [0.2, 0.25) is 0 Å². The van der Waals surface area contributed by atoms with E-state index in [-0.39, 0.29) is 28.6 Å². The van der Waals surface area contributed by atoms with Crippen molar-refractivity contribution < 1.29 is 9.53 Å². The summed E-state index contributed by atoms with van der Waals surface area (Å²) in [5.41, 5.74) is 0.164. The van der Waals surface area contributed by atoms with Gasteiger partial charge in [0.15, 0.2) is 11.4 Å². The number of carbonyl (C=O) groups excluding carboxylic acids is 1. The van der Waals surface area contributed by atoms with E-state index in [0.29, 0.717) is 31.0 Å². The van der Waals surface area contributed by atoms with E-state index in [1.807, 2.05) is 12.1 Å². The van der Waals surface area contributed by atoms with Gasteiger partial charge in [0.2, 0.25) is 5.91 Å². The third-order valence-electron chi connectivity index (χ3n) is 5.85. The van der Waals surface area contributed by atoms with Crippen LogP contribution in [-0.4, -0.2) is 36.1 Å². The lowest BCUT2D eigenvalue weighted by molar-refractivity contribution is -0.130. The molecule has 2 aliphatic rings. The maximum absolute atomic E-state index is 13.2. The Kier molecular flexibility index (Phi) is 4.22. The average molecular weight is 339 g/mol. The molecule has 0 spiro atoms. The monoisotopic (exact) mass is 339 g/mol. The van der Waals surface area contributed by atoms with Gasteiger partial charge in [-0.15, -0.1) is 0 Å². The van der Waals surface area contributed by atoms with E-state index in [1.165, 1.54) is 0 Å². The zero-order chi connectivity index (χ0) is 18.2. The van der Waals surface area contributed by atoms with E-state index in [0.717, 1.165) is 12.8 Å². The lowest BCUT2D eigenvalue weighted by Crippen LogP contribution is -2.50. The number of nitrogens with one attached hydrogen (secondary N) is 1. The van der Waals surface area contributed by atoms with Crippen molar-refractivity contribution >= 4 is 5.91 Å². The van der Waals surface area contributed by atoms with Crippen molar-refractivity contribution in [3.05, 3.63) is 22.8 Å². The standard InChI is InChI=1S/C18H21N5O2/c1-17(2)11-5-6-18(17,16(24)21-7-4-8-25-3)15-14(11)22-12(9-19)13(10-20)23-15/h11H,4-8H2,1-3H3,(H,21,24)/t11-,18+/m0/s1. The van der Waals surface area contributed by atoms with Gasteiger partial charge < -0.3 is 10.1 Å². The lowest BCUT2D eigenvalue weighted by Gasteiger charge is -2.36. The van der Waals surface area contributed by atoms with E-state index >= 15 is 0 Å². The zero-order valence-electron chi connectivity index (χ0n) is 14.7. The molecule has 2 bridgehead atoms. The summed E-state index contributed by atoms with van der Waals surface area (Å²) in [4.78, 5) is 22.0. The van der Waals surface area contributed by atoms with Crippen molar-refractivity contribution in [3.8, 4) is 12.1 Å². The van der Waals surface area contributed by atoms with Gasteiger partial charge >= 0.3 is 0 Å². The summed E-state index contributed by atoms with van der Waals surface area (Å²) in [6.07, 6.45) is 2.24. The summed E-state index contributed by atoms with van der Waals surface area (Å²) in [5.74, 6) is -0.00248. The number of rotatable bonds is 5. The molecule has 3 rings (SSSR count). The quantitative estimate of drug-likeness (QED) is 0.814. The van der Waals surface area contributed by atoms with E-state index in [2.05, 4.69) is 29.1 Å². The highest BCUT2D eigenvalue weighted by atomic mass is 16.5. The molecular weight excluding hydrogens is 318 g/mol. The molecule has 0 saturated heterocycles. The Balaban J connectivity index is 2.04. The van der Waals surface area contributed by atoms with Gasteiger partial charge in [-0.1, -0.05) is 13.8 Å².